The highest BCUT2D eigenvalue weighted by Gasteiger charge is 2.12. The summed E-state index contributed by atoms with van der Waals surface area (Å²) in [4.78, 5) is 24.1. The van der Waals surface area contributed by atoms with Crippen LogP contribution >= 0.6 is 11.3 Å². The van der Waals surface area contributed by atoms with Crippen LogP contribution in [0.15, 0.2) is 55.1 Å². The summed E-state index contributed by atoms with van der Waals surface area (Å²) >= 11 is 1.50. The minimum Gasteiger partial charge on any atom is -0.254 e. The van der Waals surface area contributed by atoms with E-state index in [0.717, 1.165) is 42.9 Å². The van der Waals surface area contributed by atoms with Gasteiger partial charge < -0.3 is 0 Å². The zero-order valence-electron chi connectivity index (χ0n) is 11.8. The van der Waals surface area contributed by atoms with Crippen molar-refractivity contribution in [1.82, 2.24) is 24.9 Å². The fraction of sp³-hybridized carbons (Fsp3) is 0. The van der Waals surface area contributed by atoms with Crippen molar-refractivity contribution in [1.29, 1.82) is 0 Å². The molecule has 0 saturated heterocycles. The molecule has 0 amide bonds. The van der Waals surface area contributed by atoms with E-state index < -0.39 is 0 Å². The molecular formula is C17H9N5S. The summed E-state index contributed by atoms with van der Waals surface area (Å²) < 4.78 is 0. The minimum absolute atomic E-state index is 0.744. The van der Waals surface area contributed by atoms with E-state index in [4.69, 9.17) is 4.98 Å². The Balaban J connectivity index is 1.76. The molecule has 0 unspecified atom stereocenters. The monoisotopic (exact) mass is 315 g/mol. The van der Waals surface area contributed by atoms with Gasteiger partial charge in [0, 0.05) is 24.0 Å². The normalized spacial score (nSPS) is 11.5. The van der Waals surface area contributed by atoms with E-state index in [9.17, 15) is 0 Å². The van der Waals surface area contributed by atoms with Crippen molar-refractivity contribution in [3.05, 3.63) is 55.1 Å². The average Bonchev–Trinajstić information content (AvgIpc) is 2.99. The summed E-state index contributed by atoms with van der Waals surface area (Å²) in [5.41, 5.74) is 3.13. The molecule has 0 fully saturated rings. The summed E-state index contributed by atoms with van der Waals surface area (Å²) in [7, 11) is 0. The highest BCUT2D eigenvalue weighted by atomic mass is 32.1. The second-order valence-corrected chi connectivity index (χ2v) is 6.12. The molecule has 0 N–H and O–H groups in total. The molecule has 23 heavy (non-hydrogen) atoms. The molecule has 0 aliphatic carbocycles. The van der Waals surface area contributed by atoms with Gasteiger partial charge >= 0.3 is 0 Å². The fourth-order valence-electron chi connectivity index (χ4n) is 2.61. The quantitative estimate of drug-likeness (QED) is 0.470. The Kier molecular flexibility index (Phi) is 2.59. The number of thiophene rings is 1. The van der Waals surface area contributed by atoms with Gasteiger partial charge in [-0.05, 0) is 11.5 Å². The standard InChI is InChI=1S/C17H9N5S/c1-2-4-11-8-20-12(7-10(11)3-1)13-9-21-17-15(22-13)14-16(23-17)19-6-5-18-14/h1-9H. The second-order valence-electron chi connectivity index (χ2n) is 5.14. The van der Waals surface area contributed by atoms with Crippen molar-refractivity contribution < 1.29 is 0 Å². The zero-order valence-corrected chi connectivity index (χ0v) is 12.7. The molecule has 6 heteroatoms. The van der Waals surface area contributed by atoms with E-state index in [0.29, 0.717) is 0 Å². The molecule has 0 radical (unpaired) electrons. The molecule has 0 atom stereocenters. The Hall–Kier alpha value is -2.99. The van der Waals surface area contributed by atoms with Crippen LogP contribution in [0.2, 0.25) is 0 Å². The first-order chi connectivity index (χ1) is 11.4. The van der Waals surface area contributed by atoms with Crippen molar-refractivity contribution in [2.24, 2.45) is 0 Å². The van der Waals surface area contributed by atoms with Gasteiger partial charge in [0.2, 0.25) is 0 Å². The molecule has 5 rings (SSSR count). The number of hydrogen-bond acceptors (Lipinski definition) is 6. The second kappa shape index (κ2) is 4.76. The van der Waals surface area contributed by atoms with Crippen molar-refractivity contribution in [2.75, 3.05) is 0 Å². The van der Waals surface area contributed by atoms with Gasteiger partial charge in [0.1, 0.15) is 26.4 Å². The van der Waals surface area contributed by atoms with Crippen LogP contribution in [-0.2, 0) is 0 Å². The minimum atomic E-state index is 0.744. The Labute approximate surface area is 134 Å². The van der Waals surface area contributed by atoms with Crippen LogP contribution in [0, 0.1) is 0 Å². The van der Waals surface area contributed by atoms with E-state index in [1.54, 1.807) is 18.6 Å². The van der Waals surface area contributed by atoms with Gasteiger partial charge in [-0.25, -0.2) is 19.9 Å². The lowest BCUT2D eigenvalue weighted by molar-refractivity contribution is 1.25. The molecule has 0 aliphatic rings. The Morgan fingerprint density at radius 3 is 2.48 bits per heavy atom. The maximum absolute atomic E-state index is 4.72. The third-order valence-electron chi connectivity index (χ3n) is 3.71. The first kappa shape index (κ1) is 12.5. The van der Waals surface area contributed by atoms with E-state index in [1.165, 1.54) is 11.3 Å². The average molecular weight is 315 g/mol. The first-order valence-electron chi connectivity index (χ1n) is 7.10. The number of fused-ring (bicyclic) bond motifs is 4. The summed E-state index contributed by atoms with van der Waals surface area (Å²) in [6.45, 7) is 0. The zero-order chi connectivity index (χ0) is 15.2. The van der Waals surface area contributed by atoms with Gasteiger partial charge in [0.15, 0.2) is 0 Å². The number of nitrogens with zero attached hydrogens (tertiary/aromatic N) is 5. The Morgan fingerprint density at radius 2 is 1.52 bits per heavy atom. The van der Waals surface area contributed by atoms with E-state index in [-0.39, 0.29) is 0 Å². The third-order valence-corrected chi connectivity index (χ3v) is 4.70. The van der Waals surface area contributed by atoms with E-state index >= 15 is 0 Å². The Morgan fingerprint density at radius 1 is 0.696 bits per heavy atom. The van der Waals surface area contributed by atoms with Gasteiger partial charge in [-0.2, -0.15) is 0 Å². The lowest BCUT2D eigenvalue weighted by atomic mass is 10.1. The van der Waals surface area contributed by atoms with Gasteiger partial charge in [0.25, 0.3) is 0 Å². The third kappa shape index (κ3) is 1.96. The molecule has 1 aromatic carbocycles. The summed E-state index contributed by atoms with van der Waals surface area (Å²) in [5, 5.41) is 2.24. The maximum Gasteiger partial charge on any atom is 0.146 e. The SMILES string of the molecule is c1ccc2cc(-c3cnc4sc5nccnc5c4n3)ncc2c1. The molecule has 0 bridgehead atoms. The van der Waals surface area contributed by atoms with Crippen LogP contribution in [0.25, 0.3) is 42.9 Å². The maximum atomic E-state index is 4.72. The predicted octanol–water partition coefficient (Wildman–Crippen LogP) is 3.85. The van der Waals surface area contributed by atoms with Crippen LogP contribution in [-0.4, -0.2) is 24.9 Å². The topological polar surface area (TPSA) is 64.5 Å². The van der Waals surface area contributed by atoms with Crippen molar-refractivity contribution in [2.45, 2.75) is 0 Å². The number of pyridine rings is 1. The molecule has 0 aliphatic heterocycles. The smallest absolute Gasteiger partial charge is 0.146 e. The molecule has 0 spiro atoms. The molecule has 108 valence electrons. The van der Waals surface area contributed by atoms with Crippen molar-refractivity contribution in [3.63, 3.8) is 0 Å². The number of hydrogen-bond donors (Lipinski definition) is 0. The molecule has 0 saturated carbocycles. The lowest BCUT2D eigenvalue weighted by Gasteiger charge is -2.02. The van der Waals surface area contributed by atoms with Gasteiger partial charge in [0.05, 0.1) is 11.9 Å². The largest absolute Gasteiger partial charge is 0.254 e. The van der Waals surface area contributed by atoms with Crippen molar-refractivity contribution >= 4 is 42.8 Å². The molecule has 5 nitrogen and oxygen atoms in total. The van der Waals surface area contributed by atoms with E-state index in [2.05, 4.69) is 26.0 Å². The van der Waals surface area contributed by atoms with Crippen LogP contribution in [0.1, 0.15) is 0 Å². The van der Waals surface area contributed by atoms with Crippen LogP contribution in [0.5, 0.6) is 0 Å². The number of rotatable bonds is 1. The number of aromatic nitrogens is 5. The van der Waals surface area contributed by atoms with Gasteiger partial charge in [-0.15, -0.1) is 0 Å². The summed E-state index contributed by atoms with van der Waals surface area (Å²) in [5.74, 6) is 0. The fourth-order valence-corrected chi connectivity index (χ4v) is 3.50. The molecular weight excluding hydrogens is 306 g/mol. The highest BCUT2D eigenvalue weighted by Crippen LogP contribution is 2.29. The predicted molar refractivity (Wildman–Crippen MR) is 91.2 cm³/mol. The summed E-state index contributed by atoms with van der Waals surface area (Å²) in [6, 6.07) is 10.2. The molecule has 4 heterocycles. The van der Waals surface area contributed by atoms with Gasteiger partial charge in [-0.3, -0.25) is 4.98 Å². The Bertz CT molecular complexity index is 1180. The number of benzene rings is 1. The first-order valence-corrected chi connectivity index (χ1v) is 7.91. The van der Waals surface area contributed by atoms with Gasteiger partial charge in [-0.1, -0.05) is 35.6 Å². The lowest BCUT2D eigenvalue weighted by Crippen LogP contribution is -1.90. The van der Waals surface area contributed by atoms with Crippen molar-refractivity contribution in [3.8, 4) is 11.4 Å². The van der Waals surface area contributed by atoms with Crippen LogP contribution in [0.3, 0.4) is 0 Å². The summed E-state index contributed by atoms with van der Waals surface area (Å²) in [6.07, 6.45) is 6.98. The highest BCUT2D eigenvalue weighted by molar-refractivity contribution is 7.24. The van der Waals surface area contributed by atoms with Crippen LogP contribution < -0.4 is 0 Å². The molecule has 5 aromatic rings. The van der Waals surface area contributed by atoms with E-state index in [1.807, 2.05) is 30.5 Å². The van der Waals surface area contributed by atoms with Crippen LogP contribution in [0.4, 0.5) is 0 Å². The molecule has 4 aromatic heterocycles.